The van der Waals surface area contributed by atoms with Gasteiger partial charge in [0.1, 0.15) is 37.9 Å². The summed E-state index contributed by atoms with van der Waals surface area (Å²) in [6, 6.07) is 8.44. The van der Waals surface area contributed by atoms with Crippen LogP contribution in [0.15, 0.2) is 24.3 Å². The van der Waals surface area contributed by atoms with Crippen molar-refractivity contribution < 1.29 is 28.6 Å². The highest BCUT2D eigenvalue weighted by atomic mass is 16.6. The summed E-state index contributed by atoms with van der Waals surface area (Å²) in [6.45, 7) is 5.42. The predicted octanol–water partition coefficient (Wildman–Crippen LogP) is 0.521. The van der Waals surface area contributed by atoms with Gasteiger partial charge in [-0.3, -0.25) is 0 Å². The van der Waals surface area contributed by atoms with Gasteiger partial charge in [0.05, 0.1) is 26.4 Å². The highest BCUT2D eigenvalue weighted by Crippen LogP contribution is 2.36. The molecular formula is C25H35N6O5+. The van der Waals surface area contributed by atoms with Gasteiger partial charge in [-0.1, -0.05) is 43.5 Å². The topological polar surface area (TPSA) is 114 Å². The Balaban J connectivity index is 1.08. The number of tetrazole rings is 1. The van der Waals surface area contributed by atoms with Gasteiger partial charge in [0.2, 0.25) is 0 Å². The Kier molecular flexibility index (Phi) is 7.13. The maximum Gasteiger partial charge on any atom is 0.407 e. The zero-order valence-corrected chi connectivity index (χ0v) is 20.5. The zero-order chi connectivity index (χ0) is 24.3. The quantitative estimate of drug-likeness (QED) is 0.592. The van der Waals surface area contributed by atoms with Gasteiger partial charge in [0, 0.05) is 17.2 Å². The molecule has 0 unspecified atom stereocenters. The number of benzene rings is 1. The lowest BCUT2D eigenvalue weighted by Gasteiger charge is -2.24. The van der Waals surface area contributed by atoms with E-state index in [1.165, 1.54) is 16.9 Å². The third kappa shape index (κ3) is 5.10. The summed E-state index contributed by atoms with van der Waals surface area (Å²) in [7, 11) is 0. The Labute approximate surface area is 210 Å². The fourth-order valence-corrected chi connectivity index (χ4v) is 5.84. The first-order valence-corrected chi connectivity index (χ1v) is 13.2. The van der Waals surface area contributed by atoms with E-state index in [0.29, 0.717) is 19.0 Å². The van der Waals surface area contributed by atoms with Gasteiger partial charge in [-0.05, 0) is 23.3 Å². The summed E-state index contributed by atoms with van der Waals surface area (Å²) < 4.78 is 25.1. The minimum Gasteiger partial charge on any atom is -0.441 e. The molecule has 1 saturated carbocycles. The zero-order valence-electron chi connectivity index (χ0n) is 20.5. The number of carbonyl (C=O) groups is 1. The van der Waals surface area contributed by atoms with Gasteiger partial charge in [-0.15, -0.1) is 5.10 Å². The van der Waals surface area contributed by atoms with E-state index in [-0.39, 0.29) is 30.4 Å². The van der Waals surface area contributed by atoms with Crippen LogP contribution < -0.4 is 10.2 Å². The van der Waals surface area contributed by atoms with Crippen LogP contribution in [0.3, 0.4) is 0 Å². The standard InChI is InChI=1S/C25H34N6O5/c32-25(26-19-4-2-1-3-5-19)36-21-16-35-22-20(15-34-23(21)22)31-24(27-28-29-31)18-8-6-17(7-9-18)14-30-10-12-33-13-11-30/h6-9,19-23H,1-5,10-16H2,(H,26,32)/p+1/t20-,21+,22+,23+/m0/s1. The molecule has 4 atom stereocenters. The number of ether oxygens (including phenoxy) is 4. The van der Waals surface area contributed by atoms with Crippen LogP contribution in [-0.2, 0) is 25.5 Å². The first kappa shape index (κ1) is 23.8. The van der Waals surface area contributed by atoms with Crippen molar-refractivity contribution >= 4 is 6.09 Å². The Morgan fingerprint density at radius 2 is 1.83 bits per heavy atom. The Morgan fingerprint density at radius 3 is 2.64 bits per heavy atom. The van der Waals surface area contributed by atoms with Crippen LogP contribution in [-0.4, -0.2) is 90.2 Å². The molecule has 2 aromatic rings. The molecule has 194 valence electrons. The third-order valence-corrected chi connectivity index (χ3v) is 7.84. The molecule has 11 nitrogen and oxygen atoms in total. The van der Waals surface area contributed by atoms with Crippen molar-refractivity contribution in [2.75, 3.05) is 39.5 Å². The molecule has 4 heterocycles. The first-order valence-electron chi connectivity index (χ1n) is 13.2. The number of quaternary nitrogens is 1. The molecule has 1 amide bonds. The second-order valence-corrected chi connectivity index (χ2v) is 10.3. The fraction of sp³-hybridized carbons (Fsp3) is 0.680. The average Bonchev–Trinajstić information content (AvgIpc) is 3.64. The molecule has 6 rings (SSSR count). The van der Waals surface area contributed by atoms with Gasteiger partial charge in [0.25, 0.3) is 0 Å². The summed E-state index contributed by atoms with van der Waals surface area (Å²) >= 11 is 0. The molecule has 11 heteroatoms. The predicted molar refractivity (Wildman–Crippen MR) is 127 cm³/mol. The normalized spacial score (nSPS) is 29.2. The number of aromatic nitrogens is 4. The van der Waals surface area contributed by atoms with Gasteiger partial charge in [-0.2, -0.15) is 0 Å². The van der Waals surface area contributed by atoms with Crippen molar-refractivity contribution in [3.8, 4) is 11.4 Å². The van der Waals surface area contributed by atoms with E-state index in [2.05, 4.69) is 45.1 Å². The molecule has 36 heavy (non-hydrogen) atoms. The van der Waals surface area contributed by atoms with E-state index >= 15 is 0 Å². The molecule has 0 spiro atoms. The maximum atomic E-state index is 12.5. The number of nitrogens with zero attached hydrogens (tertiary/aromatic N) is 4. The van der Waals surface area contributed by atoms with Crippen LogP contribution >= 0.6 is 0 Å². The van der Waals surface area contributed by atoms with Crippen LogP contribution in [0.4, 0.5) is 4.79 Å². The number of rotatable bonds is 6. The van der Waals surface area contributed by atoms with Crippen molar-refractivity contribution in [2.24, 2.45) is 0 Å². The van der Waals surface area contributed by atoms with E-state index in [0.717, 1.165) is 64.1 Å². The van der Waals surface area contributed by atoms with Crippen LogP contribution in [0.5, 0.6) is 0 Å². The number of amides is 1. The van der Waals surface area contributed by atoms with Crippen molar-refractivity contribution in [3.63, 3.8) is 0 Å². The van der Waals surface area contributed by atoms with Gasteiger partial charge < -0.3 is 29.2 Å². The minimum atomic E-state index is -0.439. The summed E-state index contributed by atoms with van der Waals surface area (Å²) in [5.74, 6) is 0.678. The molecule has 2 N–H and O–H groups in total. The van der Waals surface area contributed by atoms with Crippen molar-refractivity contribution in [1.29, 1.82) is 0 Å². The van der Waals surface area contributed by atoms with Crippen molar-refractivity contribution in [3.05, 3.63) is 29.8 Å². The smallest absolute Gasteiger partial charge is 0.407 e. The first-order chi connectivity index (χ1) is 17.7. The number of hydrogen-bond acceptors (Lipinski definition) is 8. The molecule has 3 saturated heterocycles. The third-order valence-electron chi connectivity index (χ3n) is 7.84. The summed E-state index contributed by atoms with van der Waals surface area (Å²) in [5.41, 5.74) is 2.23. The largest absolute Gasteiger partial charge is 0.441 e. The Bertz CT molecular complexity index is 1020. The molecule has 4 fully saturated rings. The number of carbonyl (C=O) groups excluding carboxylic acids is 1. The lowest BCUT2D eigenvalue weighted by atomic mass is 9.96. The van der Waals surface area contributed by atoms with Crippen LogP contribution in [0.25, 0.3) is 11.4 Å². The summed E-state index contributed by atoms with van der Waals surface area (Å²) in [4.78, 5) is 14.0. The summed E-state index contributed by atoms with van der Waals surface area (Å²) in [6.07, 6.45) is 4.14. The number of fused-ring (bicyclic) bond motifs is 1. The minimum absolute atomic E-state index is 0.188. The molecule has 1 aliphatic carbocycles. The number of morpholine rings is 1. The van der Waals surface area contributed by atoms with E-state index < -0.39 is 6.10 Å². The second kappa shape index (κ2) is 10.8. The monoisotopic (exact) mass is 499 g/mol. The van der Waals surface area contributed by atoms with Gasteiger partial charge >= 0.3 is 6.09 Å². The molecule has 3 aliphatic heterocycles. The van der Waals surface area contributed by atoms with Crippen LogP contribution in [0, 0.1) is 0 Å². The van der Waals surface area contributed by atoms with E-state index in [4.69, 9.17) is 18.9 Å². The fourth-order valence-electron chi connectivity index (χ4n) is 5.84. The van der Waals surface area contributed by atoms with Gasteiger partial charge in [-0.25, -0.2) is 9.48 Å². The number of alkyl carbamates (subject to hydrolysis) is 1. The lowest BCUT2D eigenvalue weighted by molar-refractivity contribution is -0.921. The highest BCUT2D eigenvalue weighted by molar-refractivity contribution is 5.68. The highest BCUT2D eigenvalue weighted by Gasteiger charge is 2.51. The molecule has 0 bridgehead atoms. The van der Waals surface area contributed by atoms with Gasteiger partial charge in [0.15, 0.2) is 11.9 Å². The number of nitrogens with one attached hydrogen (secondary N) is 2. The molecule has 4 aliphatic rings. The van der Waals surface area contributed by atoms with E-state index in [1.54, 1.807) is 4.68 Å². The van der Waals surface area contributed by atoms with Crippen LogP contribution in [0.2, 0.25) is 0 Å². The molecular weight excluding hydrogens is 464 g/mol. The van der Waals surface area contributed by atoms with Crippen LogP contribution in [0.1, 0.15) is 43.7 Å². The lowest BCUT2D eigenvalue weighted by Crippen LogP contribution is -3.12. The number of hydrogen-bond donors (Lipinski definition) is 2. The van der Waals surface area contributed by atoms with Crippen molar-refractivity contribution in [2.45, 2.75) is 69.0 Å². The average molecular weight is 500 g/mol. The van der Waals surface area contributed by atoms with E-state index in [1.807, 2.05) is 0 Å². The molecule has 1 aromatic carbocycles. The summed E-state index contributed by atoms with van der Waals surface area (Å²) in [5, 5.41) is 15.5. The SMILES string of the molecule is O=C(NC1CCCCC1)O[C@@H]1CO[C@H]2[C@@H]1OC[C@@H]2n1nnnc1-c1ccc(C[NH+]2CCOCC2)cc1. The molecule has 1 aromatic heterocycles. The Morgan fingerprint density at radius 1 is 1.06 bits per heavy atom. The maximum absolute atomic E-state index is 12.5. The second-order valence-electron chi connectivity index (χ2n) is 10.3. The van der Waals surface area contributed by atoms with Crippen molar-refractivity contribution in [1.82, 2.24) is 25.5 Å². The van der Waals surface area contributed by atoms with E-state index in [9.17, 15) is 4.79 Å². The molecule has 0 radical (unpaired) electrons. The Hall–Kier alpha value is -2.60.